The van der Waals surface area contributed by atoms with Crippen molar-refractivity contribution < 1.29 is 9.53 Å². The molecule has 2 rings (SSSR count). The third-order valence-electron chi connectivity index (χ3n) is 4.59. The van der Waals surface area contributed by atoms with Gasteiger partial charge in [0.1, 0.15) is 0 Å². The van der Waals surface area contributed by atoms with Crippen LogP contribution in [0.25, 0.3) is 0 Å². The summed E-state index contributed by atoms with van der Waals surface area (Å²) in [6, 6.07) is 7.68. The molecule has 0 bridgehead atoms. The number of nitrogens with zero attached hydrogens (tertiary/aromatic N) is 2. The van der Waals surface area contributed by atoms with E-state index in [9.17, 15) is 4.79 Å². The largest absolute Gasteiger partial charge is 0.375 e. The van der Waals surface area contributed by atoms with E-state index in [1.165, 1.54) is 0 Å². The summed E-state index contributed by atoms with van der Waals surface area (Å²) >= 11 is 5.87. The lowest BCUT2D eigenvalue weighted by molar-refractivity contribution is -0.121. The standard InChI is InChI=1S/C19H29ClN4O2/c1-21-18(25)13-15-7-10-24(11-8-15)19(22-2)23-9-12-26-14-16-3-5-17(20)6-4-16/h3-6,15H,7-14H2,1-2H3,(H,21,25)(H,22,23). The number of aliphatic imine (C=N–C) groups is 1. The number of rotatable bonds is 7. The second-order valence-corrected chi connectivity index (χ2v) is 6.90. The average molecular weight is 381 g/mol. The summed E-state index contributed by atoms with van der Waals surface area (Å²) in [7, 11) is 3.49. The molecule has 6 nitrogen and oxygen atoms in total. The minimum atomic E-state index is 0.129. The van der Waals surface area contributed by atoms with Crippen molar-refractivity contribution in [3.8, 4) is 0 Å². The first kappa shape index (κ1) is 20.5. The maximum Gasteiger partial charge on any atom is 0.220 e. The van der Waals surface area contributed by atoms with Gasteiger partial charge in [-0.25, -0.2) is 0 Å². The zero-order valence-corrected chi connectivity index (χ0v) is 16.4. The van der Waals surface area contributed by atoms with E-state index in [1.807, 2.05) is 24.3 Å². The molecule has 1 amide bonds. The first-order chi connectivity index (χ1) is 12.6. The van der Waals surface area contributed by atoms with Crippen molar-refractivity contribution in [1.82, 2.24) is 15.5 Å². The van der Waals surface area contributed by atoms with Crippen LogP contribution in [-0.2, 0) is 16.1 Å². The Kier molecular flexibility index (Phi) is 8.71. The molecule has 0 radical (unpaired) electrons. The molecule has 0 spiro atoms. The van der Waals surface area contributed by atoms with Gasteiger partial charge in [0.25, 0.3) is 0 Å². The normalized spacial score (nSPS) is 15.8. The second-order valence-electron chi connectivity index (χ2n) is 6.46. The highest BCUT2D eigenvalue weighted by Crippen LogP contribution is 2.20. The number of carbonyl (C=O) groups is 1. The maximum absolute atomic E-state index is 11.5. The van der Waals surface area contributed by atoms with Gasteiger partial charge in [-0.05, 0) is 36.5 Å². The van der Waals surface area contributed by atoms with Crippen LogP contribution in [0, 0.1) is 5.92 Å². The van der Waals surface area contributed by atoms with Crippen molar-refractivity contribution in [2.75, 3.05) is 40.3 Å². The number of ether oxygens (including phenoxy) is 1. The Morgan fingerprint density at radius 3 is 2.62 bits per heavy atom. The monoisotopic (exact) mass is 380 g/mol. The summed E-state index contributed by atoms with van der Waals surface area (Å²) in [5, 5.41) is 6.79. The summed E-state index contributed by atoms with van der Waals surface area (Å²) in [4.78, 5) is 18.1. The van der Waals surface area contributed by atoms with E-state index < -0.39 is 0 Å². The van der Waals surface area contributed by atoms with Crippen LogP contribution in [0.1, 0.15) is 24.8 Å². The lowest BCUT2D eigenvalue weighted by Gasteiger charge is -2.34. The van der Waals surface area contributed by atoms with E-state index in [-0.39, 0.29) is 5.91 Å². The average Bonchev–Trinajstić information content (AvgIpc) is 2.67. The van der Waals surface area contributed by atoms with E-state index in [4.69, 9.17) is 16.3 Å². The zero-order chi connectivity index (χ0) is 18.8. The van der Waals surface area contributed by atoms with Crippen molar-refractivity contribution in [3.05, 3.63) is 34.9 Å². The fourth-order valence-corrected chi connectivity index (χ4v) is 3.18. The number of piperidine rings is 1. The molecule has 0 unspecified atom stereocenters. The number of hydrogen-bond donors (Lipinski definition) is 2. The highest BCUT2D eigenvalue weighted by molar-refractivity contribution is 6.30. The maximum atomic E-state index is 11.5. The molecule has 1 heterocycles. The van der Waals surface area contributed by atoms with Gasteiger partial charge in [-0.2, -0.15) is 0 Å². The molecular weight excluding hydrogens is 352 g/mol. The zero-order valence-electron chi connectivity index (χ0n) is 15.6. The minimum absolute atomic E-state index is 0.129. The molecule has 0 aromatic heterocycles. The van der Waals surface area contributed by atoms with E-state index in [0.29, 0.717) is 32.1 Å². The van der Waals surface area contributed by atoms with Gasteiger partial charge in [-0.3, -0.25) is 9.79 Å². The van der Waals surface area contributed by atoms with Crippen molar-refractivity contribution >= 4 is 23.5 Å². The smallest absolute Gasteiger partial charge is 0.220 e. The minimum Gasteiger partial charge on any atom is -0.375 e. The van der Waals surface area contributed by atoms with Crippen LogP contribution in [0.15, 0.2) is 29.3 Å². The molecule has 1 saturated heterocycles. The van der Waals surface area contributed by atoms with Crippen LogP contribution in [-0.4, -0.2) is 57.1 Å². The van der Waals surface area contributed by atoms with Crippen molar-refractivity contribution in [2.24, 2.45) is 10.9 Å². The van der Waals surface area contributed by atoms with E-state index in [0.717, 1.165) is 42.5 Å². The third kappa shape index (κ3) is 6.84. The molecule has 0 aliphatic carbocycles. The molecule has 7 heteroatoms. The van der Waals surface area contributed by atoms with Crippen molar-refractivity contribution in [3.63, 3.8) is 0 Å². The molecule has 1 aliphatic heterocycles. The number of amides is 1. The Hall–Kier alpha value is -1.79. The Morgan fingerprint density at radius 2 is 2.00 bits per heavy atom. The number of hydrogen-bond acceptors (Lipinski definition) is 3. The summed E-state index contributed by atoms with van der Waals surface area (Å²) in [5.74, 6) is 1.49. The Bertz CT molecular complexity index is 584. The molecule has 1 aromatic carbocycles. The van der Waals surface area contributed by atoms with Crippen molar-refractivity contribution in [1.29, 1.82) is 0 Å². The summed E-state index contributed by atoms with van der Waals surface area (Å²) in [6.07, 6.45) is 2.65. The van der Waals surface area contributed by atoms with Gasteiger partial charge in [0, 0.05) is 45.2 Å². The van der Waals surface area contributed by atoms with Crippen LogP contribution in [0.2, 0.25) is 5.02 Å². The number of carbonyl (C=O) groups excluding carboxylic acids is 1. The molecule has 0 saturated carbocycles. The third-order valence-corrected chi connectivity index (χ3v) is 4.84. The first-order valence-electron chi connectivity index (χ1n) is 9.10. The fraction of sp³-hybridized carbons (Fsp3) is 0.579. The highest BCUT2D eigenvalue weighted by atomic mass is 35.5. The summed E-state index contributed by atoms with van der Waals surface area (Å²) in [6.45, 7) is 3.73. The molecule has 26 heavy (non-hydrogen) atoms. The number of nitrogens with one attached hydrogen (secondary N) is 2. The number of benzene rings is 1. The fourth-order valence-electron chi connectivity index (χ4n) is 3.05. The number of halogens is 1. The van der Waals surface area contributed by atoms with E-state index in [1.54, 1.807) is 14.1 Å². The predicted molar refractivity (Wildman–Crippen MR) is 105 cm³/mol. The van der Waals surface area contributed by atoms with Crippen LogP contribution >= 0.6 is 11.6 Å². The summed E-state index contributed by atoms with van der Waals surface area (Å²) < 4.78 is 5.69. The SMILES string of the molecule is CN=C(NCCOCc1ccc(Cl)cc1)N1CCC(CC(=O)NC)CC1. The van der Waals surface area contributed by atoms with E-state index >= 15 is 0 Å². The van der Waals surface area contributed by atoms with Crippen LogP contribution < -0.4 is 10.6 Å². The molecule has 1 aliphatic rings. The Labute approximate surface area is 161 Å². The number of guanidine groups is 1. The first-order valence-corrected chi connectivity index (χ1v) is 9.48. The van der Waals surface area contributed by atoms with Gasteiger partial charge >= 0.3 is 0 Å². The molecule has 144 valence electrons. The van der Waals surface area contributed by atoms with Gasteiger partial charge in [0.15, 0.2) is 5.96 Å². The van der Waals surface area contributed by atoms with Gasteiger partial charge in [0.2, 0.25) is 5.91 Å². The molecule has 1 fully saturated rings. The Morgan fingerprint density at radius 1 is 1.31 bits per heavy atom. The van der Waals surface area contributed by atoms with Gasteiger partial charge in [0.05, 0.1) is 13.2 Å². The van der Waals surface area contributed by atoms with Crippen LogP contribution in [0.4, 0.5) is 0 Å². The quantitative estimate of drug-likeness (QED) is 0.432. The van der Waals surface area contributed by atoms with Gasteiger partial charge in [-0.15, -0.1) is 0 Å². The molecule has 0 atom stereocenters. The van der Waals surface area contributed by atoms with E-state index in [2.05, 4.69) is 20.5 Å². The molecule has 2 N–H and O–H groups in total. The summed E-state index contributed by atoms with van der Waals surface area (Å²) in [5.41, 5.74) is 1.11. The predicted octanol–water partition coefficient (Wildman–Crippen LogP) is 2.28. The van der Waals surface area contributed by atoms with Gasteiger partial charge in [-0.1, -0.05) is 23.7 Å². The molecular formula is C19H29ClN4O2. The second kappa shape index (κ2) is 11.0. The lowest BCUT2D eigenvalue weighted by Crippen LogP contribution is -2.46. The topological polar surface area (TPSA) is 66.0 Å². The lowest BCUT2D eigenvalue weighted by atomic mass is 9.93. The number of likely N-dealkylation sites (tertiary alicyclic amines) is 1. The highest BCUT2D eigenvalue weighted by Gasteiger charge is 2.22. The Balaban J connectivity index is 1.63. The van der Waals surface area contributed by atoms with Crippen LogP contribution in [0.3, 0.4) is 0 Å². The van der Waals surface area contributed by atoms with Crippen LogP contribution in [0.5, 0.6) is 0 Å². The van der Waals surface area contributed by atoms with Gasteiger partial charge < -0.3 is 20.3 Å². The van der Waals surface area contributed by atoms with Crippen molar-refractivity contribution in [2.45, 2.75) is 25.9 Å². The molecule has 1 aromatic rings.